The van der Waals surface area contributed by atoms with Gasteiger partial charge in [-0.05, 0) is 65.1 Å². The van der Waals surface area contributed by atoms with E-state index in [1.807, 2.05) is 12.1 Å². The van der Waals surface area contributed by atoms with Crippen molar-refractivity contribution in [3.05, 3.63) is 63.2 Å². The van der Waals surface area contributed by atoms with Crippen LogP contribution in [0.2, 0.25) is 0 Å². The molecule has 3 rings (SSSR count). The summed E-state index contributed by atoms with van der Waals surface area (Å²) in [5, 5.41) is 0. The number of para-hydroxylation sites is 1. The third-order valence-electron chi connectivity index (χ3n) is 3.77. The van der Waals surface area contributed by atoms with E-state index in [1.165, 1.54) is 34.0 Å². The first kappa shape index (κ1) is 13.0. The first-order chi connectivity index (χ1) is 9.34. The van der Waals surface area contributed by atoms with Gasteiger partial charge in [-0.3, -0.25) is 0 Å². The van der Waals surface area contributed by atoms with E-state index >= 15 is 0 Å². The fourth-order valence-corrected chi connectivity index (χ4v) is 3.32. The lowest BCUT2D eigenvalue weighted by Gasteiger charge is -2.25. The first-order valence-electron chi connectivity index (χ1n) is 6.80. The zero-order valence-corrected chi connectivity index (χ0v) is 13.0. The second-order valence-corrected chi connectivity index (χ2v) is 6.19. The van der Waals surface area contributed by atoms with Crippen molar-refractivity contribution in [1.29, 1.82) is 0 Å². The zero-order valence-electron chi connectivity index (χ0n) is 10.8. The molecule has 0 fully saturated rings. The Kier molecular flexibility index (Phi) is 4.06. The molecule has 1 atom stereocenters. The topological polar surface area (TPSA) is 9.23 Å². The van der Waals surface area contributed by atoms with Gasteiger partial charge in [0, 0.05) is 5.92 Å². The van der Waals surface area contributed by atoms with Gasteiger partial charge in [0.15, 0.2) is 0 Å². The molecule has 0 aliphatic heterocycles. The van der Waals surface area contributed by atoms with Crippen molar-refractivity contribution in [2.45, 2.75) is 25.2 Å². The second kappa shape index (κ2) is 5.95. The van der Waals surface area contributed by atoms with Crippen molar-refractivity contribution >= 4 is 22.6 Å². The molecule has 0 spiro atoms. The Hall–Kier alpha value is -1.03. The van der Waals surface area contributed by atoms with Crippen LogP contribution in [0.15, 0.2) is 48.5 Å². The van der Waals surface area contributed by atoms with Gasteiger partial charge < -0.3 is 4.74 Å². The molecular weight excluding hydrogens is 347 g/mol. The third-order valence-corrected chi connectivity index (χ3v) is 4.66. The van der Waals surface area contributed by atoms with Gasteiger partial charge in [-0.1, -0.05) is 36.4 Å². The molecule has 1 unspecified atom stereocenters. The average molecular weight is 364 g/mol. The molecule has 0 heterocycles. The molecule has 0 saturated carbocycles. The molecule has 0 saturated heterocycles. The molecule has 0 aromatic heterocycles. The molecule has 1 nitrogen and oxygen atoms in total. The van der Waals surface area contributed by atoms with Crippen molar-refractivity contribution in [1.82, 2.24) is 0 Å². The predicted octanol–water partition coefficient (Wildman–Crippen LogP) is 4.79. The molecule has 2 heteroatoms. The molecule has 2 aromatic carbocycles. The van der Waals surface area contributed by atoms with Gasteiger partial charge in [-0.25, -0.2) is 0 Å². The fraction of sp³-hybridized carbons (Fsp3) is 0.294. The Morgan fingerprint density at radius 1 is 1.05 bits per heavy atom. The minimum Gasteiger partial charge on any atom is -0.492 e. The van der Waals surface area contributed by atoms with Gasteiger partial charge in [0.05, 0.1) is 10.2 Å². The number of halogens is 1. The van der Waals surface area contributed by atoms with Gasteiger partial charge in [-0.15, -0.1) is 0 Å². The van der Waals surface area contributed by atoms with E-state index in [0.29, 0.717) is 5.92 Å². The maximum Gasteiger partial charge on any atom is 0.132 e. The number of ether oxygens (including phenoxy) is 1. The molecule has 0 N–H and O–H groups in total. The number of benzene rings is 2. The summed E-state index contributed by atoms with van der Waals surface area (Å²) in [5.41, 5.74) is 2.99. The molecule has 1 aliphatic carbocycles. The van der Waals surface area contributed by atoms with E-state index < -0.39 is 0 Å². The van der Waals surface area contributed by atoms with E-state index in [9.17, 15) is 0 Å². The lowest BCUT2D eigenvalue weighted by molar-refractivity contribution is 0.273. The summed E-state index contributed by atoms with van der Waals surface area (Å²) in [7, 11) is 0. The maximum atomic E-state index is 6.03. The summed E-state index contributed by atoms with van der Waals surface area (Å²) in [6, 6.07) is 17.0. The van der Waals surface area contributed by atoms with Crippen LogP contribution in [0.5, 0.6) is 5.75 Å². The minimum atomic E-state index is 0.543. The van der Waals surface area contributed by atoms with Crippen molar-refractivity contribution in [3.8, 4) is 5.75 Å². The highest BCUT2D eigenvalue weighted by Gasteiger charge is 2.20. The van der Waals surface area contributed by atoms with Crippen molar-refractivity contribution in [3.63, 3.8) is 0 Å². The smallest absolute Gasteiger partial charge is 0.132 e. The van der Waals surface area contributed by atoms with Gasteiger partial charge >= 0.3 is 0 Å². The number of aryl methyl sites for hydroxylation is 1. The summed E-state index contributed by atoms with van der Waals surface area (Å²) in [6.07, 6.45) is 3.73. The summed E-state index contributed by atoms with van der Waals surface area (Å²) >= 11 is 2.33. The van der Waals surface area contributed by atoms with Crippen LogP contribution in [0.3, 0.4) is 0 Å². The first-order valence-corrected chi connectivity index (χ1v) is 7.87. The SMILES string of the molecule is Ic1ccccc1OCC1CCCc2ccccc21. The highest BCUT2D eigenvalue weighted by atomic mass is 127. The lowest BCUT2D eigenvalue weighted by atomic mass is 9.83. The van der Waals surface area contributed by atoms with E-state index in [2.05, 4.69) is 59.0 Å². The van der Waals surface area contributed by atoms with Crippen LogP contribution < -0.4 is 4.74 Å². The van der Waals surface area contributed by atoms with Gasteiger partial charge in [0.2, 0.25) is 0 Å². The van der Waals surface area contributed by atoms with E-state index in [1.54, 1.807) is 0 Å². The molecule has 0 amide bonds. The highest BCUT2D eigenvalue weighted by molar-refractivity contribution is 14.1. The van der Waals surface area contributed by atoms with Crippen LogP contribution in [-0.2, 0) is 6.42 Å². The van der Waals surface area contributed by atoms with Crippen LogP contribution in [0, 0.1) is 3.57 Å². The normalized spacial score (nSPS) is 17.8. The van der Waals surface area contributed by atoms with E-state index in [4.69, 9.17) is 4.74 Å². The number of hydrogen-bond donors (Lipinski definition) is 0. The average Bonchev–Trinajstić information content (AvgIpc) is 2.46. The van der Waals surface area contributed by atoms with Crippen molar-refractivity contribution in [2.24, 2.45) is 0 Å². The Labute approximate surface area is 128 Å². The largest absolute Gasteiger partial charge is 0.492 e. The van der Waals surface area contributed by atoms with Gasteiger partial charge in [0.25, 0.3) is 0 Å². The Balaban J connectivity index is 1.73. The second-order valence-electron chi connectivity index (χ2n) is 5.03. The number of rotatable bonds is 3. The van der Waals surface area contributed by atoms with E-state index in [-0.39, 0.29) is 0 Å². The summed E-state index contributed by atoms with van der Waals surface area (Å²) in [4.78, 5) is 0. The van der Waals surface area contributed by atoms with Gasteiger partial charge in [0.1, 0.15) is 5.75 Å². The lowest BCUT2D eigenvalue weighted by Crippen LogP contribution is -2.16. The standard InChI is InChI=1S/C17H17IO/c18-16-10-3-4-11-17(16)19-12-14-8-5-7-13-6-1-2-9-15(13)14/h1-4,6,9-11,14H,5,7-8,12H2. The Bertz CT molecular complexity index is 565. The maximum absolute atomic E-state index is 6.03. The molecule has 1 aliphatic rings. The van der Waals surface area contributed by atoms with Crippen LogP contribution >= 0.6 is 22.6 Å². The highest BCUT2D eigenvalue weighted by Crippen LogP contribution is 2.32. The molecule has 0 bridgehead atoms. The van der Waals surface area contributed by atoms with Crippen LogP contribution in [0.1, 0.15) is 29.9 Å². The van der Waals surface area contributed by atoms with Crippen molar-refractivity contribution < 1.29 is 4.74 Å². The number of hydrogen-bond acceptors (Lipinski definition) is 1. The Morgan fingerprint density at radius 3 is 2.74 bits per heavy atom. The van der Waals surface area contributed by atoms with Crippen LogP contribution in [-0.4, -0.2) is 6.61 Å². The van der Waals surface area contributed by atoms with Gasteiger partial charge in [-0.2, -0.15) is 0 Å². The Morgan fingerprint density at radius 2 is 1.84 bits per heavy atom. The van der Waals surface area contributed by atoms with Crippen LogP contribution in [0.25, 0.3) is 0 Å². The molecule has 19 heavy (non-hydrogen) atoms. The minimum absolute atomic E-state index is 0.543. The zero-order chi connectivity index (χ0) is 13.1. The monoisotopic (exact) mass is 364 g/mol. The third kappa shape index (κ3) is 2.94. The molecule has 0 radical (unpaired) electrons. The molecule has 2 aromatic rings. The summed E-state index contributed by atoms with van der Waals surface area (Å²) < 4.78 is 7.21. The summed E-state index contributed by atoms with van der Waals surface area (Å²) in [5.74, 6) is 1.55. The molecule has 98 valence electrons. The molecular formula is C17H17IO. The van der Waals surface area contributed by atoms with Crippen molar-refractivity contribution in [2.75, 3.05) is 6.61 Å². The number of fused-ring (bicyclic) bond motifs is 1. The van der Waals surface area contributed by atoms with E-state index in [0.717, 1.165) is 12.4 Å². The summed E-state index contributed by atoms with van der Waals surface area (Å²) in [6.45, 7) is 0.789. The fourth-order valence-electron chi connectivity index (χ4n) is 2.78. The quantitative estimate of drug-likeness (QED) is 0.712. The van der Waals surface area contributed by atoms with Crippen LogP contribution in [0.4, 0.5) is 0 Å². The predicted molar refractivity (Wildman–Crippen MR) is 86.8 cm³/mol.